The van der Waals surface area contributed by atoms with E-state index in [1.807, 2.05) is 20.8 Å². The summed E-state index contributed by atoms with van der Waals surface area (Å²) in [6, 6.07) is 7.74. The predicted molar refractivity (Wildman–Crippen MR) is 138 cm³/mol. The van der Waals surface area contributed by atoms with E-state index < -0.39 is 43.2 Å². The van der Waals surface area contributed by atoms with E-state index in [1.54, 1.807) is 0 Å². The fourth-order valence-electron chi connectivity index (χ4n) is 4.74. The number of sulfonamides is 2. The van der Waals surface area contributed by atoms with Gasteiger partial charge < -0.3 is 14.7 Å². The molecule has 2 aliphatic rings. The van der Waals surface area contributed by atoms with Crippen molar-refractivity contribution in [2.45, 2.75) is 44.8 Å². The number of rotatable bonds is 7. The van der Waals surface area contributed by atoms with Gasteiger partial charge in [-0.15, -0.1) is 0 Å². The van der Waals surface area contributed by atoms with Crippen LogP contribution < -0.4 is 9.46 Å². The van der Waals surface area contributed by atoms with Crippen LogP contribution in [0, 0.1) is 11.2 Å². The maximum atomic E-state index is 14.0. The Balaban J connectivity index is 1.80. The van der Waals surface area contributed by atoms with Crippen molar-refractivity contribution in [3.63, 3.8) is 0 Å². The first-order chi connectivity index (χ1) is 17.5. The van der Waals surface area contributed by atoms with Gasteiger partial charge in [0.2, 0.25) is 10.0 Å². The van der Waals surface area contributed by atoms with Gasteiger partial charge in [0.05, 0.1) is 19.4 Å². The van der Waals surface area contributed by atoms with Crippen molar-refractivity contribution >= 4 is 31.7 Å². The summed E-state index contributed by atoms with van der Waals surface area (Å²) < 4.78 is 74.5. The molecule has 0 radical (unpaired) electrons. The molecule has 4 rings (SSSR count). The highest BCUT2D eigenvalue weighted by Crippen LogP contribution is 2.41. The lowest BCUT2D eigenvalue weighted by Crippen LogP contribution is -2.43. The summed E-state index contributed by atoms with van der Waals surface area (Å²) in [5.41, 5.74) is -0.360. The second-order valence-electron chi connectivity index (χ2n) is 10.2. The Labute approximate surface area is 220 Å². The van der Waals surface area contributed by atoms with Gasteiger partial charge in [-0.1, -0.05) is 45.0 Å². The van der Waals surface area contributed by atoms with Gasteiger partial charge in [-0.05, 0) is 28.7 Å². The van der Waals surface area contributed by atoms with Gasteiger partial charge in [-0.25, -0.2) is 17.5 Å². The molecule has 0 aromatic heterocycles. The molecule has 0 unspecified atom stereocenters. The Hall–Kier alpha value is -3.29. The SMILES string of the molecule is COc1cc(CN2C(=O)C(C3=NS(=O)(=O)c4c(CNS(C)(=O)=O)cccc43)=C(O)[C@@H]2C(C)(C)C)ccc1F. The van der Waals surface area contributed by atoms with Crippen LogP contribution in [0.15, 0.2) is 57.0 Å². The van der Waals surface area contributed by atoms with Gasteiger partial charge in [0.15, 0.2) is 11.6 Å². The number of carbonyl (C=O) groups is 1. The van der Waals surface area contributed by atoms with Gasteiger partial charge in [0.1, 0.15) is 21.9 Å². The number of hydrogen-bond acceptors (Lipinski definition) is 7. The van der Waals surface area contributed by atoms with Crippen molar-refractivity contribution in [2.24, 2.45) is 9.81 Å². The van der Waals surface area contributed by atoms with Gasteiger partial charge in [-0.2, -0.15) is 12.8 Å². The number of hydrogen-bond donors (Lipinski definition) is 2. The molecule has 0 fully saturated rings. The molecule has 2 aromatic rings. The van der Waals surface area contributed by atoms with Crippen LogP contribution in [0.5, 0.6) is 5.75 Å². The Kier molecular flexibility index (Phi) is 6.91. The number of fused-ring (bicyclic) bond motifs is 1. The smallest absolute Gasteiger partial charge is 0.283 e. The number of amides is 1. The molecule has 2 N–H and O–H groups in total. The summed E-state index contributed by atoms with van der Waals surface area (Å²) in [7, 11) is -6.60. The summed E-state index contributed by atoms with van der Waals surface area (Å²) in [5, 5.41) is 11.3. The molecule has 0 aliphatic carbocycles. The number of ether oxygens (including phenoxy) is 1. The number of methoxy groups -OCH3 is 1. The number of halogens is 1. The van der Waals surface area contributed by atoms with Crippen LogP contribution >= 0.6 is 0 Å². The van der Waals surface area contributed by atoms with Crippen molar-refractivity contribution < 1.29 is 35.9 Å². The highest BCUT2D eigenvalue weighted by molar-refractivity contribution is 7.91. The van der Waals surface area contributed by atoms with Gasteiger partial charge in [0.25, 0.3) is 15.9 Å². The molecule has 38 heavy (non-hydrogen) atoms. The molecular weight excluding hydrogens is 537 g/mol. The lowest BCUT2D eigenvalue weighted by atomic mass is 9.84. The first kappa shape index (κ1) is 27.7. The highest BCUT2D eigenvalue weighted by Gasteiger charge is 2.49. The number of benzene rings is 2. The number of nitrogens with one attached hydrogen (secondary N) is 1. The maximum Gasteiger partial charge on any atom is 0.283 e. The standard InChI is InChI=1S/C25H28FN3O7S2/c1-25(2,3)23-21(30)19(24(31)29(23)13-14-9-10-17(26)18(11-14)36-4)20-16-8-6-7-15(12-27-37(5,32)33)22(16)38(34,35)28-20/h6-11,23,27,30H,12-13H2,1-5H3/t23-/m1/s1. The van der Waals surface area contributed by atoms with Crippen LogP contribution in [0.4, 0.5) is 4.39 Å². The largest absolute Gasteiger partial charge is 0.509 e. The zero-order valence-corrected chi connectivity index (χ0v) is 23.1. The average Bonchev–Trinajstić information content (AvgIpc) is 3.22. The summed E-state index contributed by atoms with van der Waals surface area (Å²) in [4.78, 5) is 14.9. The van der Waals surface area contributed by atoms with Crippen molar-refractivity contribution in [3.05, 3.63) is 70.2 Å². The van der Waals surface area contributed by atoms with E-state index in [2.05, 4.69) is 9.12 Å². The van der Waals surface area contributed by atoms with Crippen LogP contribution in [-0.4, -0.2) is 57.9 Å². The number of aliphatic hydroxyl groups excluding tert-OH is 1. The number of carbonyl (C=O) groups excluding carboxylic acids is 1. The molecule has 0 spiro atoms. The monoisotopic (exact) mass is 565 g/mol. The van der Waals surface area contributed by atoms with Crippen molar-refractivity contribution in [1.29, 1.82) is 0 Å². The number of nitrogens with zero attached hydrogens (tertiary/aromatic N) is 2. The Bertz CT molecular complexity index is 1610. The highest BCUT2D eigenvalue weighted by atomic mass is 32.2. The van der Waals surface area contributed by atoms with E-state index in [0.29, 0.717) is 5.56 Å². The van der Waals surface area contributed by atoms with Gasteiger partial charge in [-0.3, -0.25) is 4.79 Å². The Morgan fingerprint density at radius 2 is 1.89 bits per heavy atom. The summed E-state index contributed by atoms with van der Waals surface area (Å²) >= 11 is 0. The van der Waals surface area contributed by atoms with E-state index in [1.165, 1.54) is 48.4 Å². The molecule has 0 saturated heterocycles. The quantitative estimate of drug-likeness (QED) is 0.526. The molecule has 2 aromatic carbocycles. The van der Waals surface area contributed by atoms with E-state index in [9.17, 15) is 31.1 Å². The third-order valence-electron chi connectivity index (χ3n) is 6.27. The average molecular weight is 566 g/mol. The van der Waals surface area contributed by atoms with E-state index >= 15 is 0 Å². The zero-order valence-electron chi connectivity index (χ0n) is 21.4. The molecule has 0 bridgehead atoms. The summed E-state index contributed by atoms with van der Waals surface area (Å²) in [5.74, 6) is -1.55. The van der Waals surface area contributed by atoms with Gasteiger partial charge >= 0.3 is 0 Å². The van der Waals surface area contributed by atoms with E-state index in [-0.39, 0.29) is 51.9 Å². The van der Waals surface area contributed by atoms with Crippen molar-refractivity contribution in [2.75, 3.05) is 13.4 Å². The normalized spacial score (nSPS) is 19.1. The summed E-state index contributed by atoms with van der Waals surface area (Å²) in [6.07, 6.45) is 0.949. The molecular formula is C25H28FN3O7S2. The third-order valence-corrected chi connectivity index (χ3v) is 8.36. The van der Waals surface area contributed by atoms with Crippen molar-refractivity contribution in [1.82, 2.24) is 9.62 Å². The van der Waals surface area contributed by atoms with Crippen molar-refractivity contribution in [3.8, 4) is 5.75 Å². The predicted octanol–water partition coefficient (Wildman–Crippen LogP) is 2.64. The zero-order chi connectivity index (χ0) is 28.2. The first-order valence-electron chi connectivity index (χ1n) is 11.5. The molecule has 204 valence electrons. The minimum Gasteiger partial charge on any atom is -0.509 e. The fourth-order valence-corrected chi connectivity index (χ4v) is 6.59. The molecule has 1 atom stereocenters. The van der Waals surface area contributed by atoms with Crippen LogP contribution in [0.3, 0.4) is 0 Å². The molecule has 2 heterocycles. The first-order valence-corrected chi connectivity index (χ1v) is 14.9. The topological polar surface area (TPSA) is 142 Å². The Morgan fingerprint density at radius 3 is 2.50 bits per heavy atom. The molecule has 0 saturated carbocycles. The number of aliphatic hydroxyl groups is 1. The fraction of sp³-hybridized carbons (Fsp3) is 0.360. The summed E-state index contributed by atoms with van der Waals surface area (Å²) in [6.45, 7) is 5.14. The van der Waals surface area contributed by atoms with Crippen LogP contribution in [0.25, 0.3) is 0 Å². The lowest BCUT2D eigenvalue weighted by molar-refractivity contribution is -0.129. The minimum absolute atomic E-state index is 0.00530. The van der Waals surface area contributed by atoms with Crippen LogP contribution in [-0.2, 0) is 37.9 Å². The second kappa shape index (κ2) is 9.47. The molecule has 13 heteroatoms. The molecule has 1 amide bonds. The maximum absolute atomic E-state index is 14.0. The van der Waals surface area contributed by atoms with E-state index in [4.69, 9.17) is 4.74 Å². The van der Waals surface area contributed by atoms with Gasteiger partial charge in [0, 0.05) is 18.7 Å². The molecule has 2 aliphatic heterocycles. The van der Waals surface area contributed by atoms with Crippen LogP contribution in [0.2, 0.25) is 0 Å². The third kappa shape index (κ3) is 5.05. The van der Waals surface area contributed by atoms with E-state index in [0.717, 1.165) is 6.26 Å². The lowest BCUT2D eigenvalue weighted by Gasteiger charge is -2.35. The minimum atomic E-state index is -4.30. The second-order valence-corrected chi connectivity index (χ2v) is 13.6. The molecule has 10 nitrogen and oxygen atoms in total. The Morgan fingerprint density at radius 1 is 1.21 bits per heavy atom. The van der Waals surface area contributed by atoms with Crippen LogP contribution in [0.1, 0.15) is 37.5 Å².